The molecule has 122 valence electrons. The third-order valence-corrected chi connectivity index (χ3v) is 4.79. The second-order valence-corrected chi connectivity index (χ2v) is 6.42. The van der Waals surface area contributed by atoms with Crippen molar-refractivity contribution >= 4 is 16.5 Å². The highest BCUT2D eigenvalue weighted by molar-refractivity contribution is 5.85. The molecule has 1 aliphatic rings. The number of fused-ring (bicyclic) bond motifs is 1. The molecule has 1 aliphatic heterocycles. The van der Waals surface area contributed by atoms with Crippen LogP contribution < -0.4 is 4.90 Å². The van der Waals surface area contributed by atoms with E-state index >= 15 is 0 Å². The van der Waals surface area contributed by atoms with Gasteiger partial charge >= 0.3 is 0 Å². The molecule has 3 aromatic carbocycles. The maximum Gasteiger partial charge on any atom is 0.123 e. The summed E-state index contributed by atoms with van der Waals surface area (Å²) in [5.74, 6) is -0.167. The van der Waals surface area contributed by atoms with Gasteiger partial charge in [0.05, 0.1) is 0 Å². The molecule has 0 spiro atoms. The molecule has 4 rings (SSSR count). The molecule has 1 saturated heterocycles. The van der Waals surface area contributed by atoms with Crippen LogP contribution >= 0.6 is 0 Å². The third kappa shape index (κ3) is 3.26. The van der Waals surface area contributed by atoms with Crippen molar-refractivity contribution in [3.8, 4) is 0 Å². The quantitative estimate of drug-likeness (QED) is 0.710. The van der Waals surface area contributed by atoms with E-state index < -0.39 is 0 Å². The van der Waals surface area contributed by atoms with Crippen molar-refractivity contribution in [1.82, 2.24) is 4.90 Å². The second-order valence-electron chi connectivity index (χ2n) is 6.42. The molecule has 1 heterocycles. The van der Waals surface area contributed by atoms with E-state index in [4.69, 9.17) is 0 Å². The summed E-state index contributed by atoms with van der Waals surface area (Å²) in [4.78, 5) is 4.89. The number of piperazine rings is 1. The standard InChI is InChI=1S/C21H21FN2/c22-20-8-5-17(6-9-20)16-23-11-13-24(14-12-23)21-10-7-18-3-1-2-4-19(18)15-21/h1-10,15H,11-14,16H2. The fraction of sp³-hybridized carbons (Fsp3) is 0.238. The molecule has 0 radical (unpaired) electrons. The van der Waals surface area contributed by atoms with Gasteiger partial charge in [0.25, 0.3) is 0 Å². The molecule has 2 nitrogen and oxygen atoms in total. The predicted octanol–water partition coefficient (Wildman–Crippen LogP) is 4.30. The number of nitrogens with zero attached hydrogens (tertiary/aromatic N) is 2. The molecule has 24 heavy (non-hydrogen) atoms. The summed E-state index contributed by atoms with van der Waals surface area (Å²) in [6.45, 7) is 5.01. The number of rotatable bonds is 3. The van der Waals surface area contributed by atoms with Gasteiger partial charge in [-0.3, -0.25) is 4.90 Å². The van der Waals surface area contributed by atoms with Gasteiger partial charge in [-0.25, -0.2) is 4.39 Å². The highest BCUT2D eigenvalue weighted by atomic mass is 19.1. The van der Waals surface area contributed by atoms with Crippen molar-refractivity contribution in [1.29, 1.82) is 0 Å². The van der Waals surface area contributed by atoms with Gasteiger partial charge in [0.2, 0.25) is 0 Å². The maximum absolute atomic E-state index is 13.0. The van der Waals surface area contributed by atoms with Gasteiger partial charge in [0.1, 0.15) is 5.82 Å². The van der Waals surface area contributed by atoms with Crippen molar-refractivity contribution < 1.29 is 4.39 Å². The molecule has 1 fully saturated rings. The number of halogens is 1. The zero-order valence-electron chi connectivity index (χ0n) is 13.7. The minimum Gasteiger partial charge on any atom is -0.369 e. The highest BCUT2D eigenvalue weighted by Crippen LogP contribution is 2.23. The minimum absolute atomic E-state index is 0.167. The summed E-state index contributed by atoms with van der Waals surface area (Å²) < 4.78 is 13.0. The van der Waals surface area contributed by atoms with Crippen molar-refractivity contribution in [2.75, 3.05) is 31.1 Å². The Kier molecular flexibility index (Phi) is 4.18. The van der Waals surface area contributed by atoms with Gasteiger partial charge in [0.15, 0.2) is 0 Å². The van der Waals surface area contributed by atoms with E-state index in [9.17, 15) is 4.39 Å². The summed E-state index contributed by atoms with van der Waals surface area (Å²) in [5, 5.41) is 2.58. The van der Waals surface area contributed by atoms with Crippen LogP contribution in [0.25, 0.3) is 10.8 Å². The maximum atomic E-state index is 13.0. The van der Waals surface area contributed by atoms with Gasteiger partial charge in [-0.2, -0.15) is 0 Å². The van der Waals surface area contributed by atoms with Crippen LogP contribution in [0.2, 0.25) is 0 Å². The van der Waals surface area contributed by atoms with E-state index in [1.165, 1.54) is 22.0 Å². The van der Waals surface area contributed by atoms with Crippen LogP contribution in [-0.2, 0) is 6.54 Å². The fourth-order valence-electron chi connectivity index (χ4n) is 3.39. The fourth-order valence-corrected chi connectivity index (χ4v) is 3.39. The van der Waals surface area contributed by atoms with Gasteiger partial charge in [0, 0.05) is 38.4 Å². The van der Waals surface area contributed by atoms with E-state index in [1.54, 1.807) is 12.1 Å². The van der Waals surface area contributed by atoms with Crippen molar-refractivity contribution in [2.45, 2.75) is 6.54 Å². The van der Waals surface area contributed by atoms with E-state index in [0.29, 0.717) is 0 Å². The number of hydrogen-bond donors (Lipinski definition) is 0. The molecule has 0 saturated carbocycles. The molecular formula is C21H21FN2. The summed E-state index contributed by atoms with van der Waals surface area (Å²) in [6.07, 6.45) is 0. The largest absolute Gasteiger partial charge is 0.369 e. The van der Waals surface area contributed by atoms with Gasteiger partial charge in [-0.05, 0) is 40.6 Å². The number of hydrogen-bond acceptors (Lipinski definition) is 2. The summed E-state index contributed by atoms with van der Waals surface area (Å²) in [7, 11) is 0. The van der Waals surface area contributed by atoms with Crippen molar-refractivity contribution in [2.24, 2.45) is 0 Å². The first-order valence-electron chi connectivity index (χ1n) is 8.48. The summed E-state index contributed by atoms with van der Waals surface area (Å²) >= 11 is 0. The lowest BCUT2D eigenvalue weighted by atomic mass is 10.1. The molecule has 0 atom stereocenters. The first-order valence-corrected chi connectivity index (χ1v) is 8.48. The molecule has 3 heteroatoms. The Labute approximate surface area is 142 Å². The Balaban J connectivity index is 1.40. The van der Waals surface area contributed by atoms with E-state index in [1.807, 2.05) is 12.1 Å². The van der Waals surface area contributed by atoms with Crippen LogP contribution in [0.5, 0.6) is 0 Å². The van der Waals surface area contributed by atoms with Crippen LogP contribution in [0.4, 0.5) is 10.1 Å². The monoisotopic (exact) mass is 320 g/mol. The molecule has 0 bridgehead atoms. The number of anilines is 1. The Morgan fingerprint density at radius 3 is 2.21 bits per heavy atom. The van der Waals surface area contributed by atoms with E-state index in [0.717, 1.165) is 32.7 Å². The minimum atomic E-state index is -0.167. The lowest BCUT2D eigenvalue weighted by molar-refractivity contribution is 0.250. The SMILES string of the molecule is Fc1ccc(CN2CCN(c3ccc4ccccc4c3)CC2)cc1. The molecule has 0 unspecified atom stereocenters. The molecule has 0 N–H and O–H groups in total. The van der Waals surface area contributed by atoms with Crippen molar-refractivity contribution in [3.05, 3.63) is 78.1 Å². The second kappa shape index (κ2) is 6.62. The summed E-state index contributed by atoms with van der Waals surface area (Å²) in [6, 6.07) is 22.0. The van der Waals surface area contributed by atoms with Crippen LogP contribution in [0, 0.1) is 5.82 Å². The van der Waals surface area contributed by atoms with E-state index in [-0.39, 0.29) is 5.82 Å². The third-order valence-electron chi connectivity index (χ3n) is 4.79. The van der Waals surface area contributed by atoms with Crippen LogP contribution in [0.3, 0.4) is 0 Å². The van der Waals surface area contributed by atoms with E-state index in [2.05, 4.69) is 52.3 Å². The predicted molar refractivity (Wildman–Crippen MR) is 97.8 cm³/mol. The molecule has 0 aromatic heterocycles. The normalized spacial score (nSPS) is 15.8. The molecule has 0 aliphatic carbocycles. The average molecular weight is 320 g/mol. The van der Waals surface area contributed by atoms with Crippen LogP contribution in [0.15, 0.2) is 66.7 Å². The molecule has 3 aromatic rings. The Bertz CT molecular complexity index is 821. The summed E-state index contributed by atoms with van der Waals surface area (Å²) in [5.41, 5.74) is 2.48. The average Bonchev–Trinajstić information content (AvgIpc) is 2.64. The van der Waals surface area contributed by atoms with Crippen molar-refractivity contribution in [3.63, 3.8) is 0 Å². The topological polar surface area (TPSA) is 6.48 Å². The molecule has 0 amide bonds. The zero-order chi connectivity index (χ0) is 16.4. The Morgan fingerprint density at radius 1 is 0.750 bits per heavy atom. The smallest absolute Gasteiger partial charge is 0.123 e. The van der Waals surface area contributed by atoms with Crippen LogP contribution in [-0.4, -0.2) is 31.1 Å². The molecular weight excluding hydrogens is 299 g/mol. The zero-order valence-corrected chi connectivity index (χ0v) is 13.7. The highest BCUT2D eigenvalue weighted by Gasteiger charge is 2.17. The Morgan fingerprint density at radius 2 is 1.46 bits per heavy atom. The van der Waals surface area contributed by atoms with Gasteiger partial charge < -0.3 is 4.90 Å². The Hall–Kier alpha value is -2.39. The van der Waals surface area contributed by atoms with Gasteiger partial charge in [-0.1, -0.05) is 42.5 Å². The first kappa shape index (κ1) is 15.2. The van der Waals surface area contributed by atoms with Crippen LogP contribution in [0.1, 0.15) is 5.56 Å². The lowest BCUT2D eigenvalue weighted by Crippen LogP contribution is -2.45. The number of benzene rings is 3. The van der Waals surface area contributed by atoms with Gasteiger partial charge in [-0.15, -0.1) is 0 Å². The lowest BCUT2D eigenvalue weighted by Gasteiger charge is -2.36. The first-order chi connectivity index (χ1) is 11.8.